The van der Waals surface area contributed by atoms with Crippen molar-refractivity contribution in [3.8, 4) is 6.07 Å². The maximum absolute atomic E-state index is 13.7. The van der Waals surface area contributed by atoms with E-state index in [9.17, 15) is 8.78 Å². The van der Waals surface area contributed by atoms with Gasteiger partial charge in [-0.05, 0) is 25.3 Å². The molecule has 92 valence electrons. The number of halogens is 2. The molecule has 0 N–H and O–H groups in total. The number of benzene rings is 1. The van der Waals surface area contributed by atoms with Crippen LogP contribution in [0.5, 0.6) is 0 Å². The van der Waals surface area contributed by atoms with Gasteiger partial charge in [0.15, 0.2) is 11.6 Å². The summed E-state index contributed by atoms with van der Waals surface area (Å²) >= 11 is 1.64. The van der Waals surface area contributed by atoms with Crippen molar-refractivity contribution in [2.24, 2.45) is 0 Å². The quantitative estimate of drug-likeness (QED) is 0.828. The van der Waals surface area contributed by atoms with Crippen molar-refractivity contribution in [2.45, 2.75) is 13.0 Å². The molecule has 0 spiro atoms. The Kier molecular flexibility index (Phi) is 4.76. The van der Waals surface area contributed by atoms with Crippen LogP contribution < -0.4 is 4.90 Å². The topological polar surface area (TPSA) is 27.0 Å². The Hall–Kier alpha value is -1.28. The Bertz CT molecular complexity index is 443. The van der Waals surface area contributed by atoms with Gasteiger partial charge in [0.2, 0.25) is 0 Å². The van der Waals surface area contributed by atoms with Gasteiger partial charge in [0.05, 0.1) is 11.3 Å². The molecule has 0 saturated heterocycles. The molecule has 2 nitrogen and oxygen atoms in total. The predicted octanol–water partition coefficient (Wildman–Crippen LogP) is 3.02. The Morgan fingerprint density at radius 2 is 2.06 bits per heavy atom. The fourth-order valence-electron chi connectivity index (χ4n) is 1.49. The summed E-state index contributed by atoms with van der Waals surface area (Å²) in [6.45, 7) is 1.94. The van der Waals surface area contributed by atoms with E-state index in [-0.39, 0.29) is 17.3 Å². The SMILES string of the molecule is CSCC(C)N(C)c1ccc(C#N)c(F)c1F. The number of nitrogens with zero attached hydrogens (tertiary/aromatic N) is 2. The molecular weight excluding hydrogens is 242 g/mol. The van der Waals surface area contributed by atoms with Gasteiger partial charge >= 0.3 is 0 Å². The first-order valence-corrected chi connectivity index (χ1v) is 6.52. The number of rotatable bonds is 4. The molecular formula is C12H14F2N2S. The highest BCUT2D eigenvalue weighted by molar-refractivity contribution is 7.98. The minimum Gasteiger partial charge on any atom is -0.369 e. The Labute approximate surface area is 104 Å². The van der Waals surface area contributed by atoms with Crippen LogP contribution in [0, 0.1) is 23.0 Å². The third-order valence-corrected chi connectivity index (χ3v) is 3.45. The Balaban J connectivity index is 3.08. The van der Waals surface area contributed by atoms with E-state index < -0.39 is 11.6 Å². The van der Waals surface area contributed by atoms with Crippen LogP contribution in [-0.4, -0.2) is 25.1 Å². The van der Waals surface area contributed by atoms with E-state index in [1.54, 1.807) is 29.8 Å². The van der Waals surface area contributed by atoms with Crippen molar-refractivity contribution in [1.29, 1.82) is 5.26 Å². The summed E-state index contributed by atoms with van der Waals surface area (Å²) in [6, 6.07) is 4.45. The molecule has 0 fully saturated rings. The van der Waals surface area contributed by atoms with Crippen LogP contribution in [0.4, 0.5) is 14.5 Å². The van der Waals surface area contributed by atoms with Gasteiger partial charge in [-0.1, -0.05) is 0 Å². The van der Waals surface area contributed by atoms with Crippen LogP contribution in [0.15, 0.2) is 12.1 Å². The van der Waals surface area contributed by atoms with Gasteiger partial charge in [0.25, 0.3) is 0 Å². The number of hydrogen-bond donors (Lipinski definition) is 0. The van der Waals surface area contributed by atoms with E-state index in [0.717, 1.165) is 5.75 Å². The standard InChI is InChI=1S/C12H14F2N2S/c1-8(7-17-3)16(2)10-5-4-9(6-15)11(13)12(10)14/h4-5,8H,7H2,1-3H3. The molecule has 0 heterocycles. The van der Waals surface area contributed by atoms with Crippen molar-refractivity contribution >= 4 is 17.4 Å². The summed E-state index contributed by atoms with van der Waals surface area (Å²) in [5, 5.41) is 8.59. The lowest BCUT2D eigenvalue weighted by Gasteiger charge is -2.27. The summed E-state index contributed by atoms with van der Waals surface area (Å²) in [4.78, 5) is 1.68. The van der Waals surface area contributed by atoms with Crippen LogP contribution in [-0.2, 0) is 0 Å². The molecule has 17 heavy (non-hydrogen) atoms. The normalized spacial score (nSPS) is 12.0. The van der Waals surface area contributed by atoms with Crippen LogP contribution in [0.25, 0.3) is 0 Å². The first-order valence-electron chi connectivity index (χ1n) is 5.12. The summed E-state index contributed by atoms with van der Waals surface area (Å²) in [6.07, 6.45) is 1.96. The Morgan fingerprint density at radius 1 is 1.41 bits per heavy atom. The lowest BCUT2D eigenvalue weighted by atomic mass is 10.1. The molecule has 0 aliphatic rings. The second-order valence-corrected chi connectivity index (χ2v) is 4.70. The second-order valence-electron chi connectivity index (χ2n) is 3.79. The third-order valence-electron chi connectivity index (χ3n) is 2.63. The summed E-state index contributed by atoms with van der Waals surface area (Å²) in [5.74, 6) is -1.22. The van der Waals surface area contributed by atoms with E-state index in [1.165, 1.54) is 12.1 Å². The first kappa shape index (κ1) is 13.8. The summed E-state index contributed by atoms with van der Waals surface area (Å²) in [5.41, 5.74) is -0.0831. The molecule has 1 atom stereocenters. The van der Waals surface area contributed by atoms with Gasteiger partial charge in [-0.15, -0.1) is 0 Å². The number of anilines is 1. The maximum atomic E-state index is 13.7. The van der Waals surface area contributed by atoms with Crippen LogP contribution in [0.1, 0.15) is 12.5 Å². The van der Waals surface area contributed by atoms with E-state index in [2.05, 4.69) is 0 Å². The van der Waals surface area contributed by atoms with Crippen molar-refractivity contribution < 1.29 is 8.78 Å². The van der Waals surface area contributed by atoms with Gasteiger partial charge in [-0.2, -0.15) is 17.0 Å². The van der Waals surface area contributed by atoms with E-state index in [0.29, 0.717) is 0 Å². The van der Waals surface area contributed by atoms with Gasteiger partial charge < -0.3 is 4.90 Å². The first-order chi connectivity index (χ1) is 8.02. The zero-order chi connectivity index (χ0) is 13.0. The highest BCUT2D eigenvalue weighted by Crippen LogP contribution is 2.25. The smallest absolute Gasteiger partial charge is 0.183 e. The van der Waals surface area contributed by atoms with E-state index in [4.69, 9.17) is 5.26 Å². The third kappa shape index (κ3) is 2.89. The lowest BCUT2D eigenvalue weighted by Crippen LogP contribution is -2.31. The average Bonchev–Trinajstić information content (AvgIpc) is 2.32. The van der Waals surface area contributed by atoms with Crippen LogP contribution in [0.2, 0.25) is 0 Å². The summed E-state index contributed by atoms with van der Waals surface area (Å²) < 4.78 is 27.2. The molecule has 0 saturated carbocycles. The number of hydrogen-bond acceptors (Lipinski definition) is 3. The summed E-state index contributed by atoms with van der Waals surface area (Å²) in [7, 11) is 1.71. The van der Waals surface area contributed by atoms with Gasteiger partial charge in [0.1, 0.15) is 6.07 Å². The molecule has 0 aliphatic heterocycles. The maximum Gasteiger partial charge on any atom is 0.183 e. The van der Waals surface area contributed by atoms with Crippen molar-refractivity contribution in [1.82, 2.24) is 0 Å². The molecule has 0 amide bonds. The fourth-order valence-corrected chi connectivity index (χ4v) is 2.19. The monoisotopic (exact) mass is 256 g/mol. The minimum absolute atomic E-state index is 0.0897. The van der Waals surface area contributed by atoms with Crippen LogP contribution >= 0.6 is 11.8 Å². The van der Waals surface area contributed by atoms with Crippen molar-refractivity contribution in [3.05, 3.63) is 29.3 Å². The molecule has 0 bridgehead atoms. The highest BCUT2D eigenvalue weighted by atomic mass is 32.2. The molecule has 0 aliphatic carbocycles. The van der Waals surface area contributed by atoms with Crippen molar-refractivity contribution in [2.75, 3.05) is 24.0 Å². The fraction of sp³-hybridized carbons (Fsp3) is 0.417. The molecule has 1 aromatic rings. The van der Waals surface area contributed by atoms with E-state index >= 15 is 0 Å². The zero-order valence-electron chi connectivity index (χ0n) is 10.00. The Morgan fingerprint density at radius 3 is 2.59 bits per heavy atom. The van der Waals surface area contributed by atoms with E-state index in [1.807, 2.05) is 13.2 Å². The molecule has 0 radical (unpaired) electrons. The lowest BCUT2D eigenvalue weighted by molar-refractivity contribution is 0.503. The predicted molar refractivity (Wildman–Crippen MR) is 67.3 cm³/mol. The number of nitriles is 1. The molecule has 1 rings (SSSR count). The molecule has 1 unspecified atom stereocenters. The molecule has 1 aromatic carbocycles. The molecule has 0 aromatic heterocycles. The average molecular weight is 256 g/mol. The highest BCUT2D eigenvalue weighted by Gasteiger charge is 2.18. The van der Waals surface area contributed by atoms with Gasteiger partial charge in [0, 0.05) is 18.8 Å². The van der Waals surface area contributed by atoms with Crippen LogP contribution in [0.3, 0.4) is 0 Å². The minimum atomic E-state index is -1.08. The van der Waals surface area contributed by atoms with Gasteiger partial charge in [-0.3, -0.25) is 0 Å². The zero-order valence-corrected chi connectivity index (χ0v) is 10.8. The van der Waals surface area contributed by atoms with Gasteiger partial charge in [-0.25, -0.2) is 8.78 Å². The largest absolute Gasteiger partial charge is 0.369 e. The number of thioether (sulfide) groups is 1. The van der Waals surface area contributed by atoms with Crippen molar-refractivity contribution in [3.63, 3.8) is 0 Å². The second kappa shape index (κ2) is 5.87. The molecule has 5 heteroatoms.